The third kappa shape index (κ3) is 5.12. The van der Waals surface area contributed by atoms with Crippen LogP contribution >= 0.6 is 34.2 Å². The molecule has 2 N–H and O–H groups in total. The second-order valence-corrected chi connectivity index (χ2v) is 6.22. The largest absolute Gasteiger partial charge is 0.391 e. The Morgan fingerprint density at radius 1 is 1.50 bits per heavy atom. The maximum absolute atomic E-state index is 11.9. The molecule has 0 aliphatic carbocycles. The number of rotatable bonds is 5. The molecule has 100 valence electrons. The van der Waals surface area contributed by atoms with Gasteiger partial charge in [0.1, 0.15) is 0 Å². The van der Waals surface area contributed by atoms with E-state index in [1.54, 1.807) is 18.2 Å². The molecule has 0 spiro atoms. The van der Waals surface area contributed by atoms with E-state index in [4.69, 9.17) is 11.6 Å². The van der Waals surface area contributed by atoms with Crippen LogP contribution < -0.4 is 5.32 Å². The Labute approximate surface area is 126 Å². The van der Waals surface area contributed by atoms with Crippen molar-refractivity contribution in [2.75, 3.05) is 6.54 Å². The molecule has 1 aromatic carbocycles. The minimum Gasteiger partial charge on any atom is -0.391 e. The van der Waals surface area contributed by atoms with E-state index in [9.17, 15) is 9.90 Å². The summed E-state index contributed by atoms with van der Waals surface area (Å²) in [6.45, 7) is 4.33. The van der Waals surface area contributed by atoms with Crippen LogP contribution in [0.5, 0.6) is 0 Å². The summed E-state index contributed by atoms with van der Waals surface area (Å²) in [7, 11) is 0. The number of amides is 1. The monoisotopic (exact) mass is 381 g/mol. The van der Waals surface area contributed by atoms with Crippen LogP contribution in [0.3, 0.4) is 0 Å². The van der Waals surface area contributed by atoms with Gasteiger partial charge in [0.2, 0.25) is 0 Å². The highest BCUT2D eigenvalue weighted by atomic mass is 127. The van der Waals surface area contributed by atoms with E-state index in [-0.39, 0.29) is 12.5 Å². The quantitative estimate of drug-likeness (QED) is 0.770. The van der Waals surface area contributed by atoms with Crippen molar-refractivity contribution in [3.8, 4) is 0 Å². The van der Waals surface area contributed by atoms with Crippen molar-refractivity contribution in [2.24, 2.45) is 5.92 Å². The van der Waals surface area contributed by atoms with Gasteiger partial charge in [0.15, 0.2) is 0 Å². The van der Waals surface area contributed by atoms with Crippen molar-refractivity contribution in [1.82, 2.24) is 5.32 Å². The third-order valence-electron chi connectivity index (χ3n) is 2.41. The lowest BCUT2D eigenvalue weighted by molar-refractivity contribution is 0.0899. The highest BCUT2D eigenvalue weighted by molar-refractivity contribution is 14.1. The summed E-state index contributed by atoms with van der Waals surface area (Å²) in [6.07, 6.45) is 0.165. The number of aliphatic hydroxyl groups is 1. The van der Waals surface area contributed by atoms with Gasteiger partial charge in [-0.2, -0.15) is 0 Å². The van der Waals surface area contributed by atoms with Gasteiger partial charge in [0.05, 0.1) is 11.7 Å². The molecule has 18 heavy (non-hydrogen) atoms. The summed E-state index contributed by atoms with van der Waals surface area (Å²) in [5.74, 6) is 0.202. The van der Waals surface area contributed by atoms with Crippen LogP contribution in [0.2, 0.25) is 5.02 Å². The molecule has 3 nitrogen and oxygen atoms in total. The maximum atomic E-state index is 11.9. The molecule has 0 aliphatic rings. The molecular weight excluding hydrogens is 365 g/mol. The van der Waals surface area contributed by atoms with E-state index in [1.165, 1.54) is 0 Å². The van der Waals surface area contributed by atoms with Crippen LogP contribution in [-0.2, 0) is 0 Å². The average molecular weight is 382 g/mol. The van der Waals surface area contributed by atoms with E-state index in [0.717, 1.165) is 3.57 Å². The Balaban J connectivity index is 2.58. The van der Waals surface area contributed by atoms with Crippen molar-refractivity contribution in [3.05, 3.63) is 32.4 Å². The van der Waals surface area contributed by atoms with E-state index >= 15 is 0 Å². The first-order valence-electron chi connectivity index (χ1n) is 5.81. The fourth-order valence-corrected chi connectivity index (χ4v) is 2.36. The second kappa shape index (κ2) is 7.31. The predicted octanol–water partition coefficient (Wildman–Crippen LogP) is 3.08. The zero-order valence-electron chi connectivity index (χ0n) is 10.4. The van der Waals surface area contributed by atoms with Gasteiger partial charge < -0.3 is 10.4 Å². The summed E-state index contributed by atoms with van der Waals surface area (Å²) >= 11 is 7.95. The van der Waals surface area contributed by atoms with Crippen LogP contribution in [-0.4, -0.2) is 23.7 Å². The number of hydrogen-bond donors (Lipinski definition) is 2. The fourth-order valence-electron chi connectivity index (χ4n) is 1.60. The molecule has 1 rings (SSSR count). The molecular formula is C13H17ClINO2. The van der Waals surface area contributed by atoms with Gasteiger partial charge in [0, 0.05) is 15.1 Å². The summed E-state index contributed by atoms with van der Waals surface area (Å²) in [5.41, 5.74) is 0.542. The van der Waals surface area contributed by atoms with Crippen molar-refractivity contribution in [3.63, 3.8) is 0 Å². The molecule has 0 aliphatic heterocycles. The molecule has 0 fully saturated rings. The number of benzene rings is 1. The van der Waals surface area contributed by atoms with Gasteiger partial charge in [-0.1, -0.05) is 25.4 Å². The van der Waals surface area contributed by atoms with Crippen LogP contribution in [0.25, 0.3) is 0 Å². The van der Waals surface area contributed by atoms with Gasteiger partial charge >= 0.3 is 0 Å². The van der Waals surface area contributed by atoms with E-state index in [2.05, 4.69) is 27.9 Å². The average Bonchev–Trinajstić information content (AvgIpc) is 2.28. The normalized spacial score (nSPS) is 12.6. The van der Waals surface area contributed by atoms with Crippen LogP contribution in [0, 0.1) is 9.49 Å². The number of carbonyl (C=O) groups excluding carboxylic acids is 1. The summed E-state index contributed by atoms with van der Waals surface area (Å²) in [6, 6.07) is 5.17. The van der Waals surface area contributed by atoms with Crippen molar-refractivity contribution < 1.29 is 9.90 Å². The molecule has 5 heteroatoms. The third-order valence-corrected chi connectivity index (χ3v) is 3.59. The standard InChI is InChI=1S/C13H17ClINO2/c1-8(2)5-10(17)7-16-13(18)11-6-9(14)3-4-12(11)15/h3-4,6,8,10,17H,5,7H2,1-2H3,(H,16,18). The summed E-state index contributed by atoms with van der Waals surface area (Å²) in [5, 5.41) is 12.9. The van der Waals surface area contributed by atoms with E-state index in [1.807, 2.05) is 13.8 Å². The molecule has 1 unspecified atom stereocenters. The highest BCUT2D eigenvalue weighted by Gasteiger charge is 2.13. The van der Waals surface area contributed by atoms with Gasteiger partial charge in [-0.15, -0.1) is 0 Å². The summed E-state index contributed by atoms with van der Waals surface area (Å²) in [4.78, 5) is 11.9. The Hall–Kier alpha value is -0.330. The first-order chi connectivity index (χ1) is 8.40. The Kier molecular flexibility index (Phi) is 6.38. The lowest BCUT2D eigenvalue weighted by Gasteiger charge is -2.14. The number of nitrogens with one attached hydrogen (secondary N) is 1. The van der Waals surface area contributed by atoms with Crippen molar-refractivity contribution >= 4 is 40.1 Å². The van der Waals surface area contributed by atoms with Gasteiger partial charge in [-0.05, 0) is 53.1 Å². The second-order valence-electron chi connectivity index (χ2n) is 4.62. The predicted molar refractivity (Wildman–Crippen MR) is 82.0 cm³/mol. The summed E-state index contributed by atoms with van der Waals surface area (Å²) < 4.78 is 0.841. The lowest BCUT2D eigenvalue weighted by Crippen LogP contribution is -2.33. The Morgan fingerprint density at radius 3 is 2.78 bits per heavy atom. The smallest absolute Gasteiger partial charge is 0.252 e. The fraction of sp³-hybridized carbons (Fsp3) is 0.462. The van der Waals surface area contributed by atoms with Crippen LogP contribution in [0.4, 0.5) is 0 Å². The molecule has 0 saturated heterocycles. The number of aliphatic hydroxyl groups excluding tert-OH is 1. The first-order valence-corrected chi connectivity index (χ1v) is 7.27. The zero-order valence-corrected chi connectivity index (χ0v) is 13.3. The van der Waals surface area contributed by atoms with Gasteiger partial charge in [-0.25, -0.2) is 0 Å². The Bertz CT molecular complexity index is 423. The molecule has 1 amide bonds. The van der Waals surface area contributed by atoms with Crippen molar-refractivity contribution in [2.45, 2.75) is 26.4 Å². The van der Waals surface area contributed by atoms with Gasteiger partial charge in [-0.3, -0.25) is 4.79 Å². The molecule has 1 atom stereocenters. The zero-order chi connectivity index (χ0) is 13.7. The first kappa shape index (κ1) is 15.7. The highest BCUT2D eigenvalue weighted by Crippen LogP contribution is 2.17. The topological polar surface area (TPSA) is 49.3 Å². The minimum atomic E-state index is -0.509. The number of hydrogen-bond acceptors (Lipinski definition) is 2. The number of carbonyl (C=O) groups is 1. The maximum Gasteiger partial charge on any atom is 0.252 e. The van der Waals surface area contributed by atoms with Crippen LogP contribution in [0.15, 0.2) is 18.2 Å². The number of halogens is 2. The Morgan fingerprint density at radius 2 is 2.17 bits per heavy atom. The van der Waals surface area contributed by atoms with E-state index in [0.29, 0.717) is 22.9 Å². The molecule has 0 saturated carbocycles. The SMILES string of the molecule is CC(C)CC(O)CNC(=O)c1cc(Cl)ccc1I. The molecule has 0 heterocycles. The van der Waals surface area contributed by atoms with Crippen LogP contribution in [0.1, 0.15) is 30.6 Å². The molecule has 1 aromatic rings. The van der Waals surface area contributed by atoms with Gasteiger partial charge in [0.25, 0.3) is 5.91 Å². The van der Waals surface area contributed by atoms with Crippen molar-refractivity contribution in [1.29, 1.82) is 0 Å². The van der Waals surface area contributed by atoms with E-state index < -0.39 is 6.10 Å². The minimum absolute atomic E-state index is 0.204. The lowest BCUT2D eigenvalue weighted by atomic mass is 10.1. The molecule has 0 radical (unpaired) electrons. The molecule has 0 bridgehead atoms. The molecule has 0 aromatic heterocycles.